The highest BCUT2D eigenvalue weighted by molar-refractivity contribution is 6.00. The summed E-state index contributed by atoms with van der Waals surface area (Å²) in [5, 5.41) is 6.13. The quantitative estimate of drug-likeness (QED) is 0.633. The molecule has 0 radical (unpaired) electrons. The van der Waals surface area contributed by atoms with E-state index < -0.39 is 0 Å². The van der Waals surface area contributed by atoms with Crippen LogP contribution in [0.4, 0.5) is 17.1 Å². The number of nitrogens with two attached hydrogens (primary N) is 1. The summed E-state index contributed by atoms with van der Waals surface area (Å²) >= 11 is 0. The third kappa shape index (κ3) is 2.10. The van der Waals surface area contributed by atoms with Crippen molar-refractivity contribution in [3.63, 3.8) is 0 Å². The zero-order valence-corrected chi connectivity index (χ0v) is 9.85. The molecule has 0 bridgehead atoms. The Morgan fingerprint density at radius 2 is 2.06 bits per heavy atom. The lowest BCUT2D eigenvalue weighted by molar-refractivity contribution is -0.115. The van der Waals surface area contributed by atoms with Crippen LogP contribution in [0, 0.1) is 0 Å². The molecule has 0 unspecified atom stereocenters. The Labute approximate surface area is 95.2 Å². The van der Waals surface area contributed by atoms with Gasteiger partial charge in [0, 0.05) is 11.2 Å². The van der Waals surface area contributed by atoms with Crippen molar-refractivity contribution in [2.45, 2.75) is 32.7 Å². The van der Waals surface area contributed by atoms with Crippen LogP contribution in [-0.4, -0.2) is 11.4 Å². The molecule has 1 heterocycles. The second-order valence-corrected chi connectivity index (χ2v) is 5.20. The van der Waals surface area contributed by atoms with Crippen molar-refractivity contribution in [2.24, 2.45) is 0 Å². The summed E-state index contributed by atoms with van der Waals surface area (Å²) < 4.78 is 0. The summed E-state index contributed by atoms with van der Waals surface area (Å²) in [7, 11) is 0. The van der Waals surface area contributed by atoms with Crippen molar-refractivity contribution in [3.05, 3.63) is 17.7 Å². The molecule has 16 heavy (non-hydrogen) atoms. The smallest absolute Gasteiger partial charge is 0.228 e. The van der Waals surface area contributed by atoms with Crippen LogP contribution in [0.15, 0.2) is 12.1 Å². The molecule has 4 heteroatoms. The van der Waals surface area contributed by atoms with Crippen LogP contribution in [0.1, 0.15) is 26.3 Å². The first kappa shape index (κ1) is 10.8. The van der Waals surface area contributed by atoms with Crippen LogP contribution in [0.25, 0.3) is 0 Å². The summed E-state index contributed by atoms with van der Waals surface area (Å²) in [6.45, 7) is 6.20. The van der Waals surface area contributed by atoms with E-state index in [0.29, 0.717) is 12.1 Å². The summed E-state index contributed by atoms with van der Waals surface area (Å²) in [6.07, 6.45) is 0.426. The van der Waals surface area contributed by atoms with Gasteiger partial charge >= 0.3 is 0 Å². The third-order valence-corrected chi connectivity index (χ3v) is 2.41. The standard InChI is InChI=1S/C12H17N3O/c1-12(2,3)15-10-6-9-7(4-8(10)13)5-11(16)14-9/h4,6,15H,5,13H2,1-3H3,(H,14,16). The highest BCUT2D eigenvalue weighted by Gasteiger charge is 2.20. The van der Waals surface area contributed by atoms with Crippen molar-refractivity contribution >= 4 is 23.0 Å². The van der Waals surface area contributed by atoms with Crippen LogP contribution >= 0.6 is 0 Å². The van der Waals surface area contributed by atoms with Gasteiger partial charge in [0.05, 0.1) is 17.8 Å². The van der Waals surface area contributed by atoms with Crippen LogP contribution < -0.4 is 16.4 Å². The van der Waals surface area contributed by atoms with Gasteiger partial charge in [0.15, 0.2) is 0 Å². The molecule has 1 aromatic carbocycles. The molecule has 0 saturated heterocycles. The van der Waals surface area contributed by atoms with Gasteiger partial charge in [-0.15, -0.1) is 0 Å². The van der Waals surface area contributed by atoms with Gasteiger partial charge in [-0.05, 0) is 38.5 Å². The fourth-order valence-electron chi connectivity index (χ4n) is 1.81. The summed E-state index contributed by atoms with van der Waals surface area (Å²) in [4.78, 5) is 11.2. The van der Waals surface area contributed by atoms with Gasteiger partial charge in [0.25, 0.3) is 0 Å². The molecule has 2 rings (SSSR count). The maximum Gasteiger partial charge on any atom is 0.228 e. The molecule has 1 amide bonds. The van der Waals surface area contributed by atoms with Crippen molar-refractivity contribution in [3.8, 4) is 0 Å². The van der Waals surface area contributed by atoms with Crippen LogP contribution in [-0.2, 0) is 11.2 Å². The zero-order valence-electron chi connectivity index (χ0n) is 9.85. The molecule has 0 fully saturated rings. The van der Waals surface area contributed by atoms with E-state index in [-0.39, 0.29) is 11.4 Å². The number of anilines is 3. The van der Waals surface area contributed by atoms with Gasteiger partial charge in [-0.3, -0.25) is 4.79 Å². The van der Waals surface area contributed by atoms with Gasteiger partial charge in [-0.2, -0.15) is 0 Å². The molecule has 0 aromatic heterocycles. The number of nitrogen functional groups attached to an aromatic ring is 1. The average Bonchev–Trinajstić information content (AvgIpc) is 2.42. The highest BCUT2D eigenvalue weighted by Crippen LogP contribution is 2.32. The minimum absolute atomic E-state index is 0.0299. The molecule has 86 valence electrons. The lowest BCUT2D eigenvalue weighted by Crippen LogP contribution is -2.26. The molecule has 4 N–H and O–H groups in total. The van der Waals surface area contributed by atoms with E-state index in [1.54, 1.807) is 0 Å². The van der Waals surface area contributed by atoms with E-state index in [4.69, 9.17) is 5.73 Å². The summed E-state index contributed by atoms with van der Waals surface area (Å²) in [5.41, 5.74) is 9.29. The lowest BCUT2D eigenvalue weighted by Gasteiger charge is -2.23. The van der Waals surface area contributed by atoms with E-state index >= 15 is 0 Å². The van der Waals surface area contributed by atoms with Gasteiger partial charge in [0.2, 0.25) is 5.91 Å². The number of benzene rings is 1. The fraction of sp³-hybridized carbons (Fsp3) is 0.417. The van der Waals surface area contributed by atoms with Crippen molar-refractivity contribution in [1.82, 2.24) is 0 Å². The maximum atomic E-state index is 11.2. The van der Waals surface area contributed by atoms with Crippen molar-refractivity contribution in [2.75, 3.05) is 16.4 Å². The first-order valence-electron chi connectivity index (χ1n) is 5.35. The highest BCUT2D eigenvalue weighted by atomic mass is 16.1. The minimum atomic E-state index is -0.0506. The Balaban J connectivity index is 2.35. The molecule has 0 aliphatic carbocycles. The third-order valence-electron chi connectivity index (χ3n) is 2.41. The van der Waals surface area contributed by atoms with Crippen LogP contribution in [0.2, 0.25) is 0 Å². The second-order valence-electron chi connectivity index (χ2n) is 5.20. The van der Waals surface area contributed by atoms with Gasteiger partial charge in [-0.1, -0.05) is 0 Å². The number of carbonyl (C=O) groups is 1. The van der Waals surface area contributed by atoms with E-state index in [1.807, 2.05) is 12.1 Å². The summed E-state index contributed by atoms with van der Waals surface area (Å²) in [5.74, 6) is 0.0299. The predicted octanol–water partition coefficient (Wildman–Crippen LogP) is 1.97. The lowest BCUT2D eigenvalue weighted by atomic mass is 10.1. The first-order valence-corrected chi connectivity index (χ1v) is 5.35. The molecule has 4 nitrogen and oxygen atoms in total. The van der Waals surface area contributed by atoms with Gasteiger partial charge in [-0.25, -0.2) is 0 Å². The fourth-order valence-corrected chi connectivity index (χ4v) is 1.81. The van der Waals surface area contributed by atoms with E-state index in [1.165, 1.54) is 0 Å². The normalized spacial score (nSPS) is 14.6. The summed E-state index contributed by atoms with van der Waals surface area (Å²) in [6, 6.07) is 3.77. The Kier molecular flexibility index (Phi) is 2.30. The van der Waals surface area contributed by atoms with Crippen LogP contribution in [0.3, 0.4) is 0 Å². The molecule has 1 aliphatic rings. The Hall–Kier alpha value is -1.71. The minimum Gasteiger partial charge on any atom is -0.397 e. The van der Waals surface area contributed by atoms with Crippen molar-refractivity contribution < 1.29 is 4.79 Å². The van der Waals surface area contributed by atoms with Gasteiger partial charge < -0.3 is 16.4 Å². The number of hydrogen-bond acceptors (Lipinski definition) is 3. The van der Waals surface area contributed by atoms with Crippen LogP contribution in [0.5, 0.6) is 0 Å². The average molecular weight is 219 g/mol. The predicted molar refractivity (Wildman–Crippen MR) is 66.6 cm³/mol. The molecule has 0 saturated carbocycles. The molecule has 0 atom stereocenters. The molecule has 1 aromatic rings. The Morgan fingerprint density at radius 3 is 2.69 bits per heavy atom. The van der Waals surface area contributed by atoms with Crippen molar-refractivity contribution in [1.29, 1.82) is 0 Å². The number of amides is 1. The SMILES string of the molecule is CC(C)(C)Nc1cc2c(cc1N)CC(=O)N2. The number of rotatable bonds is 1. The Morgan fingerprint density at radius 1 is 1.38 bits per heavy atom. The first-order chi connectivity index (χ1) is 7.35. The monoisotopic (exact) mass is 219 g/mol. The zero-order chi connectivity index (χ0) is 11.9. The number of nitrogens with one attached hydrogen (secondary N) is 2. The number of carbonyl (C=O) groups excluding carboxylic acids is 1. The van der Waals surface area contributed by atoms with Gasteiger partial charge in [0.1, 0.15) is 0 Å². The van der Waals surface area contributed by atoms with E-state index in [0.717, 1.165) is 16.9 Å². The molecule has 0 spiro atoms. The molecule has 1 aliphatic heterocycles. The largest absolute Gasteiger partial charge is 0.397 e. The van der Waals surface area contributed by atoms with E-state index in [9.17, 15) is 4.79 Å². The molecular weight excluding hydrogens is 202 g/mol. The second kappa shape index (κ2) is 3.40. The number of hydrogen-bond donors (Lipinski definition) is 3. The molecular formula is C12H17N3O. The topological polar surface area (TPSA) is 67.1 Å². The Bertz CT molecular complexity index is 446. The number of fused-ring (bicyclic) bond motifs is 1. The maximum absolute atomic E-state index is 11.2. The van der Waals surface area contributed by atoms with E-state index in [2.05, 4.69) is 31.4 Å².